The summed E-state index contributed by atoms with van der Waals surface area (Å²) in [4.78, 5) is 9.09. The van der Waals surface area contributed by atoms with Gasteiger partial charge in [-0.1, -0.05) is 37.3 Å². The number of aliphatic imine (C=N–C) groups is 1. The lowest BCUT2D eigenvalue weighted by Gasteiger charge is -2.28. The van der Waals surface area contributed by atoms with Crippen LogP contribution in [-0.2, 0) is 13.6 Å². The van der Waals surface area contributed by atoms with Crippen molar-refractivity contribution in [2.45, 2.75) is 19.9 Å². The first-order valence-corrected chi connectivity index (χ1v) is 13.3. The van der Waals surface area contributed by atoms with Gasteiger partial charge in [0, 0.05) is 56.3 Å². The average Bonchev–Trinajstić information content (AvgIpc) is 3.40. The Morgan fingerprint density at radius 2 is 1.68 bits per heavy atom. The third kappa shape index (κ3) is 7.77. The first-order valence-electron chi connectivity index (χ1n) is 13.3. The van der Waals surface area contributed by atoms with E-state index in [0.29, 0.717) is 17.1 Å². The molecule has 0 aliphatic carbocycles. The minimum Gasteiger partial charge on any atom is -0.497 e. The monoisotopic (exact) mass is 542 g/mol. The number of nitrogens with zero attached hydrogens (tertiary/aromatic N) is 5. The quantitative estimate of drug-likeness (QED) is 0.122. The van der Waals surface area contributed by atoms with E-state index >= 15 is 0 Å². The molecule has 0 amide bonds. The minimum absolute atomic E-state index is 0.544. The molecule has 0 saturated heterocycles. The minimum atomic E-state index is 0.544. The molecule has 0 unspecified atom stereocenters. The molecular weight excluding hydrogens is 504 g/mol. The fourth-order valence-electron chi connectivity index (χ4n) is 4.43. The van der Waals surface area contributed by atoms with Crippen molar-refractivity contribution in [2.75, 3.05) is 44.5 Å². The summed E-state index contributed by atoms with van der Waals surface area (Å²) in [5.41, 5.74) is 10.8. The predicted octanol–water partition coefficient (Wildman–Crippen LogP) is 5.81. The van der Waals surface area contributed by atoms with Crippen LogP contribution in [0.5, 0.6) is 17.2 Å². The van der Waals surface area contributed by atoms with Gasteiger partial charge in [0.1, 0.15) is 11.5 Å². The zero-order valence-corrected chi connectivity index (χ0v) is 23.7. The van der Waals surface area contributed by atoms with E-state index in [2.05, 4.69) is 57.1 Å². The van der Waals surface area contributed by atoms with E-state index in [1.54, 1.807) is 31.3 Å². The van der Waals surface area contributed by atoms with Crippen molar-refractivity contribution in [1.29, 1.82) is 0 Å². The molecule has 3 aromatic carbocycles. The summed E-state index contributed by atoms with van der Waals surface area (Å²) in [6, 6.07) is 22.3. The Labute approximate surface area is 236 Å². The van der Waals surface area contributed by atoms with Crippen LogP contribution in [-0.4, -0.2) is 54.9 Å². The average molecular weight is 543 g/mol. The number of hydrogen-bond acceptors (Lipinski definition) is 8. The van der Waals surface area contributed by atoms with Crippen LogP contribution in [0.15, 0.2) is 84.1 Å². The number of methoxy groups -OCH3 is 2. The summed E-state index contributed by atoms with van der Waals surface area (Å²) < 4.78 is 18.3. The molecule has 0 spiro atoms. The second-order valence-corrected chi connectivity index (χ2v) is 9.38. The van der Waals surface area contributed by atoms with Gasteiger partial charge in [-0.25, -0.2) is 4.99 Å². The normalized spacial score (nSPS) is 11.2. The molecule has 0 bridgehead atoms. The molecule has 4 rings (SSSR count). The molecule has 0 aliphatic heterocycles. The van der Waals surface area contributed by atoms with Gasteiger partial charge < -0.3 is 24.8 Å². The van der Waals surface area contributed by atoms with Crippen LogP contribution < -0.4 is 24.8 Å². The standard InChI is InChI=1S/C31H38N6O3/c1-5-36(21-24-10-7-6-8-11-24)14-9-15-37(26-16-27(38-3)19-28(17-26)39-4)25-12-13-31(30(32)18-25)33-23-40-29-20-34-35(2)22-29/h6-8,10-13,16-20,22-23H,5,9,14-15,21,32H2,1-4H3. The third-order valence-electron chi connectivity index (χ3n) is 6.58. The molecule has 0 saturated carbocycles. The molecule has 4 aromatic rings. The number of aryl methyl sites for hydroxylation is 1. The number of aromatic nitrogens is 2. The number of ether oxygens (including phenoxy) is 3. The molecule has 2 N–H and O–H groups in total. The highest BCUT2D eigenvalue weighted by Gasteiger charge is 2.15. The molecule has 9 nitrogen and oxygen atoms in total. The Bertz CT molecular complexity index is 1370. The zero-order chi connectivity index (χ0) is 28.3. The van der Waals surface area contributed by atoms with Crippen molar-refractivity contribution in [1.82, 2.24) is 14.7 Å². The van der Waals surface area contributed by atoms with Crippen molar-refractivity contribution in [3.63, 3.8) is 0 Å². The lowest BCUT2D eigenvalue weighted by molar-refractivity contribution is 0.278. The summed E-state index contributed by atoms with van der Waals surface area (Å²) >= 11 is 0. The van der Waals surface area contributed by atoms with Gasteiger partial charge in [-0.2, -0.15) is 5.10 Å². The van der Waals surface area contributed by atoms with Crippen LogP contribution in [0.4, 0.5) is 22.7 Å². The van der Waals surface area contributed by atoms with Gasteiger partial charge in [0.05, 0.1) is 38.0 Å². The van der Waals surface area contributed by atoms with E-state index in [1.807, 2.05) is 43.4 Å². The highest BCUT2D eigenvalue weighted by atomic mass is 16.5. The Kier molecular flexibility index (Phi) is 10.0. The van der Waals surface area contributed by atoms with Crippen LogP contribution in [0.1, 0.15) is 18.9 Å². The number of nitrogen functional groups attached to an aromatic ring is 1. The van der Waals surface area contributed by atoms with Gasteiger partial charge in [-0.05, 0) is 36.7 Å². The molecule has 40 heavy (non-hydrogen) atoms. The second-order valence-electron chi connectivity index (χ2n) is 9.38. The van der Waals surface area contributed by atoms with Crippen LogP contribution in [0, 0.1) is 0 Å². The molecule has 0 aliphatic rings. The Balaban J connectivity index is 1.53. The predicted molar refractivity (Wildman–Crippen MR) is 161 cm³/mol. The van der Waals surface area contributed by atoms with Crippen molar-refractivity contribution >= 4 is 29.2 Å². The number of rotatable bonds is 14. The highest BCUT2D eigenvalue weighted by molar-refractivity contribution is 5.76. The maximum Gasteiger partial charge on any atom is 0.181 e. The summed E-state index contributed by atoms with van der Waals surface area (Å²) in [6.45, 7) is 5.82. The first-order chi connectivity index (χ1) is 19.5. The zero-order valence-electron chi connectivity index (χ0n) is 23.7. The molecule has 9 heteroatoms. The number of anilines is 3. The fraction of sp³-hybridized carbons (Fsp3) is 0.290. The van der Waals surface area contributed by atoms with Crippen molar-refractivity contribution in [2.24, 2.45) is 12.0 Å². The maximum absolute atomic E-state index is 6.45. The number of hydrogen-bond donors (Lipinski definition) is 1. The Hall–Kier alpha value is -4.50. The highest BCUT2D eigenvalue weighted by Crippen LogP contribution is 2.36. The summed E-state index contributed by atoms with van der Waals surface area (Å²) in [7, 11) is 5.14. The van der Waals surface area contributed by atoms with E-state index in [9.17, 15) is 0 Å². The van der Waals surface area contributed by atoms with E-state index in [4.69, 9.17) is 19.9 Å². The van der Waals surface area contributed by atoms with Gasteiger partial charge in [-0.3, -0.25) is 9.58 Å². The lowest BCUT2D eigenvalue weighted by atomic mass is 10.1. The maximum atomic E-state index is 6.45. The number of nitrogens with two attached hydrogens (primary N) is 1. The summed E-state index contributed by atoms with van der Waals surface area (Å²) in [5.74, 6) is 2.05. The van der Waals surface area contributed by atoms with Gasteiger partial charge in [0.25, 0.3) is 0 Å². The third-order valence-corrected chi connectivity index (χ3v) is 6.58. The first kappa shape index (κ1) is 28.5. The molecule has 210 valence electrons. The second kappa shape index (κ2) is 14.0. The molecule has 0 atom stereocenters. The van der Waals surface area contributed by atoms with E-state index in [1.165, 1.54) is 12.0 Å². The summed E-state index contributed by atoms with van der Waals surface area (Å²) in [5, 5.41) is 4.08. The Morgan fingerprint density at radius 1 is 0.925 bits per heavy atom. The number of benzene rings is 3. The smallest absolute Gasteiger partial charge is 0.181 e. The van der Waals surface area contributed by atoms with Crippen molar-refractivity contribution in [3.8, 4) is 17.2 Å². The molecule has 1 aromatic heterocycles. The fourth-order valence-corrected chi connectivity index (χ4v) is 4.43. The van der Waals surface area contributed by atoms with Gasteiger partial charge in [-0.15, -0.1) is 0 Å². The van der Waals surface area contributed by atoms with Crippen LogP contribution in [0.3, 0.4) is 0 Å². The SMILES string of the molecule is CCN(CCCN(c1cc(OC)cc(OC)c1)c1ccc(N=COc2cnn(C)c2)c(N)c1)Cc1ccccc1. The van der Waals surface area contributed by atoms with Crippen LogP contribution in [0.25, 0.3) is 0 Å². The van der Waals surface area contributed by atoms with E-state index < -0.39 is 0 Å². The van der Waals surface area contributed by atoms with Gasteiger partial charge in [0.2, 0.25) is 0 Å². The van der Waals surface area contributed by atoms with Crippen molar-refractivity contribution < 1.29 is 14.2 Å². The molecular formula is C31H38N6O3. The molecule has 0 radical (unpaired) electrons. The molecule has 1 heterocycles. The van der Waals surface area contributed by atoms with Gasteiger partial charge in [0.15, 0.2) is 12.2 Å². The molecule has 0 fully saturated rings. The van der Waals surface area contributed by atoms with E-state index in [0.717, 1.165) is 55.5 Å². The summed E-state index contributed by atoms with van der Waals surface area (Å²) in [6.07, 6.45) is 5.70. The topological polar surface area (TPSA) is 90.4 Å². The van der Waals surface area contributed by atoms with Crippen molar-refractivity contribution in [3.05, 3.63) is 84.7 Å². The lowest BCUT2D eigenvalue weighted by Crippen LogP contribution is -2.28. The van der Waals surface area contributed by atoms with Gasteiger partial charge >= 0.3 is 0 Å². The Morgan fingerprint density at radius 3 is 2.30 bits per heavy atom. The van der Waals surface area contributed by atoms with Crippen LogP contribution >= 0.6 is 0 Å². The largest absolute Gasteiger partial charge is 0.497 e. The van der Waals surface area contributed by atoms with Crippen LogP contribution in [0.2, 0.25) is 0 Å². The van der Waals surface area contributed by atoms with E-state index in [-0.39, 0.29) is 0 Å².